The number of cyclic esters (lactones) is 1. The molecule has 2 aliphatic carbocycles. The van der Waals surface area contributed by atoms with Gasteiger partial charge in [-0.15, -0.1) is 0 Å². The Morgan fingerprint density at radius 3 is 2.88 bits per heavy atom. The number of carbonyl (C=O) groups excluding carboxylic acids is 2. The second kappa shape index (κ2) is 4.97. The maximum absolute atomic E-state index is 13.1. The Morgan fingerprint density at radius 2 is 2.12 bits per heavy atom. The van der Waals surface area contributed by atoms with Gasteiger partial charge in [-0.1, -0.05) is 6.92 Å². The minimum atomic E-state index is -0.895. The van der Waals surface area contributed by atoms with E-state index in [1.54, 1.807) is 18.4 Å². The predicted octanol–water partition coefficient (Wildman–Crippen LogP) is 2.29. The average Bonchev–Trinajstić information content (AvgIpc) is 3.31. The van der Waals surface area contributed by atoms with Crippen LogP contribution < -0.4 is 0 Å². The lowest BCUT2D eigenvalue weighted by Crippen LogP contribution is -2.56. The normalized spacial score (nSPS) is 42.6. The zero-order chi connectivity index (χ0) is 17.3. The van der Waals surface area contributed by atoms with Crippen molar-refractivity contribution in [3.05, 3.63) is 35.3 Å². The first-order valence-electron chi connectivity index (χ1n) is 8.90. The molecule has 6 atom stereocenters. The van der Waals surface area contributed by atoms with Crippen LogP contribution in [0, 0.1) is 17.3 Å². The van der Waals surface area contributed by atoms with Crippen LogP contribution in [0.5, 0.6) is 0 Å². The van der Waals surface area contributed by atoms with Crippen molar-refractivity contribution in [2.45, 2.75) is 50.9 Å². The quantitative estimate of drug-likeness (QED) is 0.787. The summed E-state index contributed by atoms with van der Waals surface area (Å²) in [6.07, 6.45) is 2.39. The monoisotopic (exact) mass is 344 g/mol. The number of hydrogen-bond donors (Lipinski definition) is 1. The van der Waals surface area contributed by atoms with E-state index in [2.05, 4.69) is 0 Å². The van der Waals surface area contributed by atoms with Crippen LogP contribution in [0.4, 0.5) is 0 Å². The molecule has 0 amide bonds. The molecule has 1 spiro atoms. The topological polar surface area (TPSA) is 86.0 Å². The molecule has 2 aliphatic heterocycles. The van der Waals surface area contributed by atoms with Crippen molar-refractivity contribution >= 4 is 11.9 Å². The van der Waals surface area contributed by atoms with Crippen molar-refractivity contribution in [2.75, 3.05) is 0 Å². The van der Waals surface area contributed by atoms with Crippen molar-refractivity contribution in [2.24, 2.45) is 17.3 Å². The maximum atomic E-state index is 13.1. The summed E-state index contributed by atoms with van der Waals surface area (Å²) < 4.78 is 16.6. The Labute approximate surface area is 144 Å². The van der Waals surface area contributed by atoms with E-state index in [1.165, 1.54) is 0 Å². The standard InChI is InChI=1S/C19H20O6/c1-9-15(20)16-14-10(17(21)25-16)4-2-5-11(14)19(9)8-13(24-18(19)22)12-6-3-7-23-12/h3,6-7,9,11,13,15-16,20H,2,4-5,8H2,1H3. The van der Waals surface area contributed by atoms with Crippen LogP contribution in [0.1, 0.15) is 44.5 Å². The Kier molecular flexibility index (Phi) is 3.02. The lowest BCUT2D eigenvalue weighted by atomic mass is 9.53. The van der Waals surface area contributed by atoms with Gasteiger partial charge in [-0.05, 0) is 37.0 Å². The van der Waals surface area contributed by atoms with Gasteiger partial charge in [0.05, 0.1) is 17.8 Å². The number of furan rings is 1. The number of fused-ring (bicyclic) bond motifs is 1. The first-order valence-corrected chi connectivity index (χ1v) is 8.90. The molecule has 6 nitrogen and oxygen atoms in total. The molecule has 0 bridgehead atoms. The number of rotatable bonds is 1. The first kappa shape index (κ1) is 15.2. The van der Waals surface area contributed by atoms with Crippen LogP contribution in [0.3, 0.4) is 0 Å². The number of hydrogen-bond acceptors (Lipinski definition) is 6. The molecule has 4 aliphatic rings. The van der Waals surface area contributed by atoms with Crippen LogP contribution in [0.15, 0.2) is 34.0 Å². The zero-order valence-corrected chi connectivity index (χ0v) is 13.9. The van der Waals surface area contributed by atoms with Gasteiger partial charge in [0, 0.05) is 23.8 Å². The van der Waals surface area contributed by atoms with Crippen molar-refractivity contribution in [3.63, 3.8) is 0 Å². The van der Waals surface area contributed by atoms with E-state index in [1.807, 2.05) is 6.92 Å². The van der Waals surface area contributed by atoms with Gasteiger partial charge in [-0.25, -0.2) is 4.79 Å². The number of esters is 2. The van der Waals surface area contributed by atoms with Gasteiger partial charge in [0.15, 0.2) is 12.2 Å². The molecule has 1 aromatic rings. The Morgan fingerprint density at radius 1 is 1.28 bits per heavy atom. The molecule has 132 valence electrons. The van der Waals surface area contributed by atoms with Gasteiger partial charge in [-0.2, -0.15) is 0 Å². The Bertz CT molecular complexity index is 778. The molecule has 0 radical (unpaired) electrons. The molecule has 3 heterocycles. The van der Waals surface area contributed by atoms with E-state index in [0.29, 0.717) is 24.2 Å². The van der Waals surface area contributed by atoms with E-state index in [-0.39, 0.29) is 23.8 Å². The molecule has 1 saturated carbocycles. The highest BCUT2D eigenvalue weighted by molar-refractivity contribution is 5.94. The van der Waals surface area contributed by atoms with E-state index in [0.717, 1.165) is 18.4 Å². The number of aliphatic hydroxyl groups is 1. The summed E-state index contributed by atoms with van der Waals surface area (Å²) in [6, 6.07) is 3.57. The van der Waals surface area contributed by atoms with Crippen LogP contribution in [0.2, 0.25) is 0 Å². The summed E-state index contributed by atoms with van der Waals surface area (Å²) in [4.78, 5) is 25.3. The lowest BCUT2D eigenvalue weighted by Gasteiger charge is -2.49. The fraction of sp³-hybridized carbons (Fsp3) is 0.579. The SMILES string of the molecule is CC1C(O)C2OC(=O)C3=C2C(CCC3)C12CC(c1ccco1)OC2=O. The van der Waals surface area contributed by atoms with Gasteiger partial charge in [-0.3, -0.25) is 4.79 Å². The van der Waals surface area contributed by atoms with Crippen LogP contribution >= 0.6 is 0 Å². The molecule has 6 heteroatoms. The summed E-state index contributed by atoms with van der Waals surface area (Å²) >= 11 is 0. The van der Waals surface area contributed by atoms with Crippen molar-refractivity contribution in [1.82, 2.24) is 0 Å². The van der Waals surface area contributed by atoms with Gasteiger partial charge in [0.2, 0.25) is 0 Å². The fourth-order valence-corrected chi connectivity index (χ4v) is 5.47. The Hall–Kier alpha value is -2.08. The average molecular weight is 344 g/mol. The van der Waals surface area contributed by atoms with E-state index in [9.17, 15) is 14.7 Å². The van der Waals surface area contributed by atoms with E-state index in [4.69, 9.17) is 13.9 Å². The first-order chi connectivity index (χ1) is 12.0. The highest BCUT2D eigenvalue weighted by atomic mass is 16.6. The largest absolute Gasteiger partial charge is 0.465 e. The highest BCUT2D eigenvalue weighted by Gasteiger charge is 2.67. The third-order valence-electron chi connectivity index (χ3n) is 6.70. The van der Waals surface area contributed by atoms with Crippen LogP contribution in [-0.2, 0) is 19.1 Å². The summed E-state index contributed by atoms with van der Waals surface area (Å²) in [5.41, 5.74) is 0.683. The summed E-state index contributed by atoms with van der Waals surface area (Å²) in [6.45, 7) is 1.87. The van der Waals surface area contributed by atoms with Crippen molar-refractivity contribution in [3.8, 4) is 0 Å². The molecule has 1 aromatic heterocycles. The fourth-order valence-electron chi connectivity index (χ4n) is 5.47. The third kappa shape index (κ3) is 1.78. The van der Waals surface area contributed by atoms with Gasteiger partial charge in [0.1, 0.15) is 5.76 Å². The number of ether oxygens (including phenoxy) is 2. The van der Waals surface area contributed by atoms with E-state index < -0.39 is 23.7 Å². The highest BCUT2D eigenvalue weighted by Crippen LogP contribution is 2.62. The molecule has 25 heavy (non-hydrogen) atoms. The summed E-state index contributed by atoms with van der Waals surface area (Å²) in [7, 11) is 0. The molecule has 5 rings (SSSR count). The molecule has 1 saturated heterocycles. The minimum Gasteiger partial charge on any atom is -0.465 e. The summed E-state index contributed by atoms with van der Waals surface area (Å²) in [5, 5.41) is 10.8. The van der Waals surface area contributed by atoms with Gasteiger partial charge < -0.3 is 19.0 Å². The van der Waals surface area contributed by atoms with Crippen molar-refractivity contribution in [1.29, 1.82) is 0 Å². The van der Waals surface area contributed by atoms with Crippen molar-refractivity contribution < 1.29 is 28.6 Å². The minimum absolute atomic E-state index is 0.112. The molecule has 0 aromatic carbocycles. The summed E-state index contributed by atoms with van der Waals surface area (Å²) in [5.74, 6) is -0.473. The molecular weight excluding hydrogens is 324 g/mol. The lowest BCUT2D eigenvalue weighted by molar-refractivity contribution is -0.166. The van der Waals surface area contributed by atoms with Crippen LogP contribution in [-0.4, -0.2) is 29.3 Å². The molecular formula is C19H20O6. The molecule has 6 unspecified atom stereocenters. The second-order valence-corrected chi connectivity index (χ2v) is 7.64. The zero-order valence-electron chi connectivity index (χ0n) is 13.9. The third-order valence-corrected chi connectivity index (χ3v) is 6.70. The molecule has 1 N–H and O–H groups in total. The number of carbonyl (C=O) groups is 2. The number of aliphatic hydroxyl groups excluding tert-OH is 1. The molecule has 2 fully saturated rings. The van der Waals surface area contributed by atoms with Gasteiger partial charge in [0.25, 0.3) is 0 Å². The second-order valence-electron chi connectivity index (χ2n) is 7.64. The van der Waals surface area contributed by atoms with Gasteiger partial charge >= 0.3 is 11.9 Å². The van der Waals surface area contributed by atoms with Crippen LogP contribution in [0.25, 0.3) is 0 Å². The maximum Gasteiger partial charge on any atom is 0.334 e. The predicted molar refractivity (Wildman–Crippen MR) is 84.0 cm³/mol. The smallest absolute Gasteiger partial charge is 0.334 e. The Balaban J connectivity index is 1.63. The van der Waals surface area contributed by atoms with E-state index >= 15 is 0 Å².